The minimum atomic E-state index is -0.218. The maximum Gasteiger partial charge on any atom is 0.252 e. The molecule has 0 saturated carbocycles. The summed E-state index contributed by atoms with van der Waals surface area (Å²) in [5, 5.41) is 11.5. The number of rotatable bonds is 5. The van der Waals surface area contributed by atoms with Crippen LogP contribution in [0.15, 0.2) is 37.2 Å². The number of hydrogen-bond acceptors (Lipinski definition) is 4. The van der Waals surface area contributed by atoms with E-state index in [2.05, 4.69) is 27.1 Å². The summed E-state index contributed by atoms with van der Waals surface area (Å²) in [6, 6.07) is 1.65. The number of pyridine rings is 1. The van der Waals surface area contributed by atoms with Gasteiger partial charge in [-0.25, -0.2) is 4.98 Å². The zero-order valence-corrected chi connectivity index (χ0v) is 11.5. The van der Waals surface area contributed by atoms with E-state index < -0.39 is 0 Å². The van der Waals surface area contributed by atoms with Crippen LogP contribution in [0.1, 0.15) is 22.3 Å². The van der Waals surface area contributed by atoms with Crippen LogP contribution in [-0.4, -0.2) is 38.7 Å². The lowest BCUT2D eigenvalue weighted by molar-refractivity contribution is 0.0952. The third-order valence-electron chi connectivity index (χ3n) is 2.75. The third kappa shape index (κ3) is 4.75. The van der Waals surface area contributed by atoms with Gasteiger partial charge in [0.25, 0.3) is 5.91 Å². The summed E-state index contributed by atoms with van der Waals surface area (Å²) < 4.78 is 1.96. The molecule has 0 aromatic carbocycles. The Morgan fingerprint density at radius 3 is 3.05 bits per heavy atom. The van der Waals surface area contributed by atoms with E-state index in [0.29, 0.717) is 17.7 Å². The molecule has 0 bridgehead atoms. The van der Waals surface area contributed by atoms with E-state index in [1.807, 2.05) is 10.8 Å². The first-order valence-corrected chi connectivity index (χ1v) is 6.58. The Morgan fingerprint density at radius 1 is 1.38 bits per heavy atom. The molecule has 0 fully saturated rings. The molecular formula is C15H16N4O2. The Balaban J connectivity index is 1.82. The van der Waals surface area contributed by atoms with Crippen molar-refractivity contribution in [2.45, 2.75) is 13.0 Å². The van der Waals surface area contributed by atoms with Gasteiger partial charge in [0.15, 0.2) is 0 Å². The summed E-state index contributed by atoms with van der Waals surface area (Å²) in [5.74, 6) is 5.07. The second-order valence-corrected chi connectivity index (χ2v) is 4.33. The molecule has 0 saturated heterocycles. The number of nitrogens with zero attached hydrogens (tertiary/aromatic N) is 3. The third-order valence-corrected chi connectivity index (χ3v) is 2.75. The van der Waals surface area contributed by atoms with Gasteiger partial charge < -0.3 is 15.0 Å². The molecule has 108 valence electrons. The van der Waals surface area contributed by atoms with Crippen LogP contribution >= 0.6 is 0 Å². The maximum atomic E-state index is 12.0. The molecule has 6 nitrogen and oxygen atoms in total. The molecule has 0 atom stereocenters. The highest BCUT2D eigenvalue weighted by Gasteiger charge is 2.05. The fourth-order valence-electron chi connectivity index (χ4n) is 1.76. The van der Waals surface area contributed by atoms with Gasteiger partial charge in [-0.2, -0.15) is 0 Å². The second kappa shape index (κ2) is 7.82. The van der Waals surface area contributed by atoms with Gasteiger partial charge in [0.1, 0.15) is 6.61 Å². The SMILES string of the molecule is O=C(NCCCn1ccnc1)c1cncc(C#CCO)c1. The number of hydrogen-bond donors (Lipinski definition) is 2. The van der Waals surface area contributed by atoms with E-state index in [9.17, 15) is 4.79 Å². The molecule has 21 heavy (non-hydrogen) atoms. The van der Waals surface area contributed by atoms with Crippen LogP contribution in [0.5, 0.6) is 0 Å². The number of aryl methyl sites for hydroxylation is 1. The minimum Gasteiger partial charge on any atom is -0.384 e. The first-order valence-electron chi connectivity index (χ1n) is 6.58. The van der Waals surface area contributed by atoms with Crippen molar-refractivity contribution in [1.82, 2.24) is 19.9 Å². The van der Waals surface area contributed by atoms with Crippen LogP contribution < -0.4 is 5.32 Å². The van der Waals surface area contributed by atoms with Gasteiger partial charge in [-0.1, -0.05) is 11.8 Å². The first kappa shape index (κ1) is 14.8. The fraction of sp³-hybridized carbons (Fsp3) is 0.267. The van der Waals surface area contributed by atoms with Gasteiger partial charge in [0, 0.05) is 43.4 Å². The zero-order chi connectivity index (χ0) is 14.9. The highest BCUT2D eigenvalue weighted by molar-refractivity contribution is 5.94. The second-order valence-electron chi connectivity index (χ2n) is 4.33. The number of carbonyl (C=O) groups is 1. The van der Waals surface area contributed by atoms with Crippen molar-refractivity contribution in [2.75, 3.05) is 13.2 Å². The molecular weight excluding hydrogens is 268 g/mol. The molecule has 2 rings (SSSR count). The minimum absolute atomic E-state index is 0.180. The fourth-order valence-corrected chi connectivity index (χ4v) is 1.76. The van der Waals surface area contributed by atoms with E-state index in [0.717, 1.165) is 13.0 Å². The topological polar surface area (TPSA) is 80.0 Å². The average molecular weight is 284 g/mol. The van der Waals surface area contributed by atoms with Crippen molar-refractivity contribution in [2.24, 2.45) is 0 Å². The zero-order valence-electron chi connectivity index (χ0n) is 11.5. The Labute approximate surface area is 122 Å². The molecule has 2 heterocycles. The average Bonchev–Trinajstić information content (AvgIpc) is 3.03. The Bertz CT molecular complexity index is 641. The molecule has 0 aliphatic rings. The monoisotopic (exact) mass is 284 g/mol. The molecule has 2 N–H and O–H groups in total. The van der Waals surface area contributed by atoms with E-state index >= 15 is 0 Å². The number of carbonyl (C=O) groups excluding carboxylic acids is 1. The van der Waals surface area contributed by atoms with E-state index in [1.165, 1.54) is 6.20 Å². The van der Waals surface area contributed by atoms with Crippen LogP contribution in [0, 0.1) is 11.8 Å². The molecule has 0 spiro atoms. The largest absolute Gasteiger partial charge is 0.384 e. The predicted molar refractivity (Wildman–Crippen MR) is 77.4 cm³/mol. The lowest BCUT2D eigenvalue weighted by atomic mass is 10.2. The number of aliphatic hydroxyl groups is 1. The van der Waals surface area contributed by atoms with Crippen molar-refractivity contribution >= 4 is 5.91 Å². The van der Waals surface area contributed by atoms with Gasteiger partial charge >= 0.3 is 0 Å². The van der Waals surface area contributed by atoms with E-state index in [1.54, 1.807) is 24.8 Å². The van der Waals surface area contributed by atoms with Crippen molar-refractivity contribution in [3.8, 4) is 11.8 Å². The number of nitrogens with one attached hydrogen (secondary N) is 1. The number of aliphatic hydroxyl groups excluding tert-OH is 1. The lowest BCUT2D eigenvalue weighted by Gasteiger charge is -2.05. The van der Waals surface area contributed by atoms with Gasteiger partial charge in [0.05, 0.1) is 11.9 Å². The van der Waals surface area contributed by atoms with Crippen LogP contribution in [-0.2, 0) is 6.54 Å². The summed E-state index contributed by atoms with van der Waals surface area (Å²) in [7, 11) is 0. The van der Waals surface area contributed by atoms with Gasteiger partial charge in [-0.05, 0) is 12.5 Å². The summed E-state index contributed by atoms with van der Waals surface area (Å²) in [6.45, 7) is 1.16. The van der Waals surface area contributed by atoms with Gasteiger partial charge in [-0.3, -0.25) is 9.78 Å². The summed E-state index contributed by atoms with van der Waals surface area (Å²) in [4.78, 5) is 19.9. The van der Waals surface area contributed by atoms with Crippen molar-refractivity contribution < 1.29 is 9.90 Å². The van der Waals surface area contributed by atoms with Crippen LogP contribution in [0.25, 0.3) is 0 Å². The highest BCUT2D eigenvalue weighted by Crippen LogP contribution is 2.01. The van der Waals surface area contributed by atoms with Crippen molar-refractivity contribution in [3.63, 3.8) is 0 Å². The standard InChI is InChI=1S/C15H16N4O2/c20-8-1-3-13-9-14(11-17-10-13)15(21)18-4-2-6-19-7-5-16-12-19/h5,7,9-12,20H,2,4,6,8H2,(H,18,21). The summed E-state index contributed by atoms with van der Waals surface area (Å²) in [5.41, 5.74) is 1.07. The normalized spacial score (nSPS) is 9.76. The molecule has 2 aromatic rings. The van der Waals surface area contributed by atoms with Gasteiger partial charge in [0.2, 0.25) is 0 Å². The van der Waals surface area contributed by atoms with E-state index in [-0.39, 0.29) is 12.5 Å². The molecule has 0 aliphatic heterocycles. The quantitative estimate of drug-likeness (QED) is 0.617. The molecule has 0 radical (unpaired) electrons. The predicted octanol–water partition coefficient (Wildman–Crippen LogP) is 0.442. The molecule has 0 unspecified atom stereocenters. The summed E-state index contributed by atoms with van der Waals surface area (Å²) >= 11 is 0. The maximum absolute atomic E-state index is 12.0. The number of aromatic nitrogens is 3. The first-order chi connectivity index (χ1) is 10.3. The van der Waals surface area contributed by atoms with Crippen molar-refractivity contribution in [1.29, 1.82) is 0 Å². The highest BCUT2D eigenvalue weighted by atomic mass is 16.2. The Morgan fingerprint density at radius 2 is 2.29 bits per heavy atom. The van der Waals surface area contributed by atoms with Gasteiger partial charge in [-0.15, -0.1) is 0 Å². The Kier molecular flexibility index (Phi) is 5.50. The van der Waals surface area contributed by atoms with Crippen molar-refractivity contribution in [3.05, 3.63) is 48.3 Å². The van der Waals surface area contributed by atoms with E-state index in [4.69, 9.17) is 5.11 Å². The van der Waals surface area contributed by atoms with Crippen LogP contribution in [0.3, 0.4) is 0 Å². The molecule has 1 amide bonds. The molecule has 6 heteroatoms. The number of amides is 1. The summed E-state index contributed by atoms with van der Waals surface area (Å²) in [6.07, 6.45) is 9.22. The smallest absolute Gasteiger partial charge is 0.252 e. The Hall–Kier alpha value is -2.65. The number of imidazole rings is 1. The molecule has 2 aromatic heterocycles. The van der Waals surface area contributed by atoms with Crippen LogP contribution in [0.4, 0.5) is 0 Å². The molecule has 0 aliphatic carbocycles. The lowest BCUT2D eigenvalue weighted by Crippen LogP contribution is -2.25. The van der Waals surface area contributed by atoms with Crippen LogP contribution in [0.2, 0.25) is 0 Å².